The number of nitrogens with zero attached hydrogens (tertiary/aromatic N) is 2. The summed E-state index contributed by atoms with van der Waals surface area (Å²) in [4.78, 5) is 37.1. The van der Waals surface area contributed by atoms with Crippen LogP contribution >= 0.6 is 11.3 Å². The van der Waals surface area contributed by atoms with Crippen LogP contribution in [0.15, 0.2) is 60.2 Å². The van der Waals surface area contributed by atoms with Gasteiger partial charge in [0.25, 0.3) is 0 Å². The highest BCUT2D eigenvalue weighted by Gasteiger charge is 2.15. The maximum atomic E-state index is 12.3. The Morgan fingerprint density at radius 1 is 1.07 bits per heavy atom. The number of anilines is 2. The standard InChI is InChI=1S/C20H20N4O3S/c1-14(24-11-4-10-21-24)20(27)23-16-6-2-5-15(13-16)22-19(26)9-8-17(25)18-7-3-12-28-18/h2-7,10-14H,8-9H2,1H3,(H,22,26)(H,23,27). The third-order valence-electron chi connectivity index (χ3n) is 4.09. The molecule has 2 amide bonds. The summed E-state index contributed by atoms with van der Waals surface area (Å²) >= 11 is 1.37. The van der Waals surface area contributed by atoms with Crippen LogP contribution in [-0.4, -0.2) is 27.4 Å². The molecule has 3 aromatic rings. The number of carbonyl (C=O) groups is 3. The second-order valence-corrected chi connectivity index (χ2v) is 7.13. The van der Waals surface area contributed by atoms with Gasteiger partial charge in [0.05, 0.1) is 4.88 Å². The van der Waals surface area contributed by atoms with Crippen molar-refractivity contribution in [1.82, 2.24) is 9.78 Å². The van der Waals surface area contributed by atoms with Crippen LogP contribution in [-0.2, 0) is 9.59 Å². The maximum absolute atomic E-state index is 12.3. The average molecular weight is 396 g/mol. The van der Waals surface area contributed by atoms with Gasteiger partial charge in [-0.25, -0.2) is 0 Å². The number of aromatic nitrogens is 2. The Kier molecular flexibility index (Phi) is 6.33. The van der Waals surface area contributed by atoms with Crippen LogP contribution in [0.3, 0.4) is 0 Å². The lowest BCUT2D eigenvalue weighted by Crippen LogP contribution is -2.24. The number of ketones is 1. The topological polar surface area (TPSA) is 93.1 Å². The Hall–Kier alpha value is -3.26. The Morgan fingerprint density at radius 3 is 2.54 bits per heavy atom. The van der Waals surface area contributed by atoms with E-state index in [4.69, 9.17) is 0 Å². The molecule has 2 N–H and O–H groups in total. The summed E-state index contributed by atoms with van der Waals surface area (Å²) in [6.45, 7) is 1.75. The molecule has 144 valence electrons. The number of hydrogen-bond acceptors (Lipinski definition) is 5. The van der Waals surface area contributed by atoms with Gasteiger partial charge in [-0.15, -0.1) is 11.3 Å². The molecule has 0 aliphatic carbocycles. The Morgan fingerprint density at radius 2 is 1.86 bits per heavy atom. The summed E-state index contributed by atoms with van der Waals surface area (Å²) in [6.07, 6.45) is 3.59. The predicted molar refractivity (Wildman–Crippen MR) is 109 cm³/mol. The van der Waals surface area contributed by atoms with Crippen LogP contribution in [0.5, 0.6) is 0 Å². The number of hydrogen-bond donors (Lipinski definition) is 2. The van der Waals surface area contributed by atoms with E-state index in [1.54, 1.807) is 60.4 Å². The quantitative estimate of drug-likeness (QED) is 0.567. The van der Waals surface area contributed by atoms with Gasteiger partial charge in [-0.2, -0.15) is 5.10 Å². The monoisotopic (exact) mass is 396 g/mol. The number of Topliss-reactive ketones (excluding diaryl/α,β-unsaturated/α-hetero) is 1. The van der Waals surface area contributed by atoms with E-state index in [0.717, 1.165) is 0 Å². The molecule has 8 heteroatoms. The molecule has 1 atom stereocenters. The fraction of sp³-hybridized carbons (Fsp3) is 0.200. The Bertz CT molecular complexity index is 952. The molecule has 0 spiro atoms. The first-order valence-corrected chi connectivity index (χ1v) is 9.67. The summed E-state index contributed by atoms with van der Waals surface area (Å²) < 4.78 is 1.56. The first kappa shape index (κ1) is 19.5. The molecule has 1 unspecified atom stereocenters. The van der Waals surface area contributed by atoms with Gasteiger partial charge in [0.15, 0.2) is 5.78 Å². The molecule has 0 saturated carbocycles. The van der Waals surface area contributed by atoms with Gasteiger partial charge >= 0.3 is 0 Å². The summed E-state index contributed by atoms with van der Waals surface area (Å²) in [7, 11) is 0. The minimum absolute atomic E-state index is 0.0428. The van der Waals surface area contributed by atoms with Crippen molar-refractivity contribution in [3.8, 4) is 0 Å². The molecule has 7 nitrogen and oxygen atoms in total. The van der Waals surface area contributed by atoms with E-state index in [1.165, 1.54) is 11.3 Å². The number of carbonyl (C=O) groups excluding carboxylic acids is 3. The highest BCUT2D eigenvalue weighted by molar-refractivity contribution is 7.12. The van der Waals surface area contributed by atoms with E-state index >= 15 is 0 Å². The van der Waals surface area contributed by atoms with E-state index in [1.807, 2.05) is 11.4 Å². The first-order valence-electron chi connectivity index (χ1n) is 8.79. The summed E-state index contributed by atoms with van der Waals surface area (Å²) in [5.74, 6) is -0.509. The van der Waals surface area contributed by atoms with Gasteiger partial charge < -0.3 is 10.6 Å². The second kappa shape index (κ2) is 9.09. The molecule has 0 bridgehead atoms. The van der Waals surface area contributed by atoms with E-state index in [-0.39, 0.29) is 30.4 Å². The minimum Gasteiger partial charge on any atom is -0.326 e. The molecule has 0 fully saturated rings. The highest BCUT2D eigenvalue weighted by Crippen LogP contribution is 2.18. The van der Waals surface area contributed by atoms with Gasteiger partial charge in [-0.05, 0) is 42.6 Å². The zero-order chi connectivity index (χ0) is 19.9. The Balaban J connectivity index is 1.53. The lowest BCUT2D eigenvalue weighted by molar-refractivity contribution is -0.119. The van der Waals surface area contributed by atoms with Crippen molar-refractivity contribution in [2.75, 3.05) is 10.6 Å². The highest BCUT2D eigenvalue weighted by atomic mass is 32.1. The molecular formula is C20H20N4O3S. The molecular weight excluding hydrogens is 376 g/mol. The normalized spacial score (nSPS) is 11.6. The largest absolute Gasteiger partial charge is 0.326 e. The second-order valence-electron chi connectivity index (χ2n) is 6.18. The minimum atomic E-state index is -0.462. The summed E-state index contributed by atoms with van der Waals surface area (Å²) in [6, 6.07) is 11.7. The van der Waals surface area contributed by atoms with E-state index in [9.17, 15) is 14.4 Å². The van der Waals surface area contributed by atoms with E-state index < -0.39 is 6.04 Å². The zero-order valence-corrected chi connectivity index (χ0v) is 16.1. The maximum Gasteiger partial charge on any atom is 0.248 e. The fourth-order valence-corrected chi connectivity index (χ4v) is 3.26. The summed E-state index contributed by atoms with van der Waals surface area (Å²) in [5.41, 5.74) is 1.12. The van der Waals surface area contributed by atoms with Crippen LogP contribution in [0.4, 0.5) is 11.4 Å². The number of thiophene rings is 1. The van der Waals surface area contributed by atoms with Crippen LogP contribution in [0.2, 0.25) is 0 Å². The molecule has 2 aromatic heterocycles. The van der Waals surface area contributed by atoms with Gasteiger partial charge in [0.1, 0.15) is 6.04 Å². The van der Waals surface area contributed by atoms with Gasteiger partial charge in [0.2, 0.25) is 11.8 Å². The van der Waals surface area contributed by atoms with Crippen molar-refractivity contribution in [3.63, 3.8) is 0 Å². The van der Waals surface area contributed by atoms with Crippen molar-refractivity contribution >= 4 is 40.3 Å². The van der Waals surface area contributed by atoms with Crippen LogP contribution in [0, 0.1) is 0 Å². The van der Waals surface area contributed by atoms with Crippen molar-refractivity contribution in [3.05, 3.63) is 65.1 Å². The third-order valence-corrected chi connectivity index (χ3v) is 5.00. The van der Waals surface area contributed by atoms with Crippen LogP contribution < -0.4 is 10.6 Å². The molecule has 0 radical (unpaired) electrons. The smallest absolute Gasteiger partial charge is 0.248 e. The molecule has 0 aliphatic heterocycles. The number of benzene rings is 1. The number of amides is 2. The molecule has 1 aromatic carbocycles. The van der Waals surface area contributed by atoms with E-state index in [2.05, 4.69) is 15.7 Å². The van der Waals surface area contributed by atoms with Crippen LogP contribution in [0.1, 0.15) is 35.5 Å². The zero-order valence-electron chi connectivity index (χ0n) is 15.3. The molecule has 0 aliphatic rings. The third kappa shape index (κ3) is 5.14. The van der Waals surface area contributed by atoms with Crippen molar-refractivity contribution in [1.29, 1.82) is 0 Å². The molecule has 0 saturated heterocycles. The lowest BCUT2D eigenvalue weighted by Gasteiger charge is -2.13. The number of rotatable bonds is 8. The van der Waals surface area contributed by atoms with Crippen molar-refractivity contribution in [2.45, 2.75) is 25.8 Å². The molecule has 3 rings (SSSR count). The SMILES string of the molecule is CC(C(=O)Nc1cccc(NC(=O)CCC(=O)c2cccs2)c1)n1cccn1. The molecule has 28 heavy (non-hydrogen) atoms. The number of nitrogens with one attached hydrogen (secondary N) is 2. The van der Waals surface area contributed by atoms with Gasteiger partial charge in [-0.1, -0.05) is 12.1 Å². The van der Waals surface area contributed by atoms with Gasteiger partial charge in [-0.3, -0.25) is 19.1 Å². The summed E-state index contributed by atoms with van der Waals surface area (Å²) in [5, 5.41) is 11.5. The lowest BCUT2D eigenvalue weighted by atomic mass is 10.2. The van der Waals surface area contributed by atoms with Crippen LogP contribution in [0.25, 0.3) is 0 Å². The predicted octanol–water partition coefficient (Wildman–Crippen LogP) is 3.75. The first-order chi connectivity index (χ1) is 13.5. The van der Waals surface area contributed by atoms with Gasteiger partial charge in [0, 0.05) is 36.6 Å². The van der Waals surface area contributed by atoms with Crippen molar-refractivity contribution < 1.29 is 14.4 Å². The van der Waals surface area contributed by atoms with E-state index in [0.29, 0.717) is 16.3 Å². The Labute approximate surface area is 166 Å². The molecule has 2 heterocycles. The average Bonchev–Trinajstić information content (AvgIpc) is 3.39. The van der Waals surface area contributed by atoms with Crippen molar-refractivity contribution in [2.24, 2.45) is 0 Å². The fourth-order valence-electron chi connectivity index (χ4n) is 2.56.